The molecule has 0 saturated carbocycles. The largest absolute Gasteiger partial charge is 0.457 e. The normalized spacial score (nSPS) is 12.9. The molecule has 0 aliphatic carbocycles. The Bertz CT molecular complexity index is 464. The van der Waals surface area contributed by atoms with Gasteiger partial charge in [0.05, 0.1) is 24.1 Å². The minimum atomic E-state index is 0.115. The maximum Gasteiger partial charge on any atom is 0.211 e. The van der Waals surface area contributed by atoms with Crippen molar-refractivity contribution in [2.45, 2.75) is 19.9 Å². The van der Waals surface area contributed by atoms with Crippen LogP contribution in [0.4, 0.5) is 0 Å². The van der Waals surface area contributed by atoms with Gasteiger partial charge < -0.3 is 14.2 Å². The number of nitrogens with one attached hydrogen (secondary N) is 1. The molecular weight excluding hydrogens is 272 g/mol. The first-order valence-corrected chi connectivity index (χ1v) is 5.94. The summed E-state index contributed by atoms with van der Waals surface area (Å²) < 4.78 is 11.5. The fourth-order valence-electron chi connectivity index (χ4n) is 1.48. The van der Waals surface area contributed by atoms with Crippen LogP contribution in [-0.4, -0.2) is 11.5 Å². The van der Waals surface area contributed by atoms with Gasteiger partial charge in [0.1, 0.15) is 0 Å². The number of hydrogen-bond donors (Lipinski definition) is 1. The summed E-state index contributed by atoms with van der Waals surface area (Å²) >= 11 is 3.31. The van der Waals surface area contributed by atoms with Crippen molar-refractivity contribution in [3.63, 3.8) is 0 Å². The van der Waals surface area contributed by atoms with Crippen LogP contribution in [0.3, 0.4) is 0 Å². The molecule has 4 nitrogen and oxygen atoms in total. The topological polar surface area (TPSA) is 51.2 Å². The monoisotopic (exact) mass is 284 g/mol. The molecule has 2 rings (SSSR count). The summed E-state index contributed by atoms with van der Waals surface area (Å²) in [6.07, 6.45) is 3.31. The summed E-state index contributed by atoms with van der Waals surface area (Å²) in [7, 11) is 0. The van der Waals surface area contributed by atoms with Gasteiger partial charge in [0.2, 0.25) is 5.89 Å². The number of rotatable bonds is 4. The van der Waals surface area contributed by atoms with Crippen LogP contribution in [0.5, 0.6) is 0 Å². The third-order valence-electron chi connectivity index (χ3n) is 2.29. The van der Waals surface area contributed by atoms with E-state index in [0.29, 0.717) is 16.3 Å². The quantitative estimate of drug-likeness (QED) is 0.935. The molecule has 2 aromatic rings. The van der Waals surface area contributed by atoms with Crippen molar-refractivity contribution in [3.05, 3.63) is 29.1 Å². The molecule has 0 radical (unpaired) electrons. The molecule has 0 aliphatic heterocycles. The van der Waals surface area contributed by atoms with Crippen molar-refractivity contribution in [3.8, 4) is 11.3 Å². The zero-order chi connectivity index (χ0) is 11.5. The predicted molar refractivity (Wildman–Crippen MR) is 64.0 cm³/mol. The Morgan fingerprint density at radius 1 is 1.56 bits per heavy atom. The first-order chi connectivity index (χ1) is 7.72. The standard InChI is InChI=1S/C11H13BrN2O2/c1-3-13-7(2)11-14-6-9(16-11)8-4-5-15-10(8)12/h4-7,13H,3H2,1-2H3. The van der Waals surface area contributed by atoms with E-state index in [-0.39, 0.29) is 6.04 Å². The maximum absolute atomic E-state index is 5.66. The molecule has 0 fully saturated rings. The summed E-state index contributed by atoms with van der Waals surface area (Å²) in [6.45, 7) is 4.95. The second-order valence-corrected chi connectivity index (χ2v) is 4.17. The van der Waals surface area contributed by atoms with Gasteiger partial charge in [0.25, 0.3) is 0 Å². The molecule has 1 N–H and O–H groups in total. The van der Waals surface area contributed by atoms with Gasteiger partial charge in [-0.3, -0.25) is 0 Å². The zero-order valence-corrected chi connectivity index (χ0v) is 10.7. The second kappa shape index (κ2) is 4.84. The number of hydrogen-bond acceptors (Lipinski definition) is 4. The van der Waals surface area contributed by atoms with Crippen molar-refractivity contribution in [2.75, 3.05) is 6.54 Å². The average Bonchev–Trinajstić information content (AvgIpc) is 2.86. The molecule has 1 atom stereocenters. The lowest BCUT2D eigenvalue weighted by molar-refractivity contribution is 0.428. The lowest BCUT2D eigenvalue weighted by Crippen LogP contribution is -2.17. The number of oxazole rings is 1. The van der Waals surface area contributed by atoms with Crippen molar-refractivity contribution < 1.29 is 8.83 Å². The summed E-state index contributed by atoms with van der Waals surface area (Å²) in [4.78, 5) is 4.24. The highest BCUT2D eigenvalue weighted by Gasteiger charge is 2.15. The van der Waals surface area contributed by atoms with Crippen LogP contribution in [-0.2, 0) is 0 Å². The van der Waals surface area contributed by atoms with Crippen LogP contribution >= 0.6 is 15.9 Å². The Balaban J connectivity index is 2.23. The van der Waals surface area contributed by atoms with E-state index in [0.717, 1.165) is 12.1 Å². The fraction of sp³-hybridized carbons (Fsp3) is 0.364. The molecular formula is C11H13BrN2O2. The number of aromatic nitrogens is 1. The second-order valence-electron chi connectivity index (χ2n) is 3.45. The lowest BCUT2D eigenvalue weighted by atomic mass is 10.3. The smallest absolute Gasteiger partial charge is 0.211 e. The van der Waals surface area contributed by atoms with Crippen molar-refractivity contribution >= 4 is 15.9 Å². The first kappa shape index (κ1) is 11.4. The lowest BCUT2D eigenvalue weighted by Gasteiger charge is -2.06. The molecule has 0 amide bonds. The van der Waals surface area contributed by atoms with Crippen LogP contribution in [0.15, 0.2) is 32.0 Å². The van der Waals surface area contributed by atoms with Crippen LogP contribution in [0, 0.1) is 0 Å². The van der Waals surface area contributed by atoms with Gasteiger partial charge >= 0.3 is 0 Å². The molecule has 0 bridgehead atoms. The van der Waals surface area contributed by atoms with E-state index in [1.807, 2.05) is 19.9 Å². The van der Waals surface area contributed by atoms with E-state index < -0.39 is 0 Å². The summed E-state index contributed by atoms with van der Waals surface area (Å²) in [6, 6.07) is 1.95. The molecule has 5 heteroatoms. The molecule has 0 spiro atoms. The number of nitrogens with zero attached hydrogens (tertiary/aromatic N) is 1. The average molecular weight is 285 g/mol. The number of furan rings is 1. The summed E-state index contributed by atoms with van der Waals surface area (Å²) in [5.74, 6) is 1.39. The van der Waals surface area contributed by atoms with Crippen molar-refractivity contribution in [1.29, 1.82) is 0 Å². The van der Waals surface area contributed by atoms with E-state index >= 15 is 0 Å². The summed E-state index contributed by atoms with van der Waals surface area (Å²) in [5, 5.41) is 3.24. The molecule has 2 aromatic heterocycles. The zero-order valence-electron chi connectivity index (χ0n) is 9.16. The van der Waals surface area contributed by atoms with Gasteiger partial charge in [-0.05, 0) is 35.5 Å². The third kappa shape index (κ3) is 2.20. The molecule has 86 valence electrons. The number of halogens is 1. The van der Waals surface area contributed by atoms with E-state index in [1.165, 1.54) is 0 Å². The van der Waals surface area contributed by atoms with E-state index in [9.17, 15) is 0 Å². The highest BCUT2D eigenvalue weighted by molar-refractivity contribution is 9.10. The van der Waals surface area contributed by atoms with Crippen LogP contribution in [0.1, 0.15) is 25.8 Å². The van der Waals surface area contributed by atoms with Crippen LogP contribution in [0.2, 0.25) is 0 Å². The SMILES string of the molecule is CCNC(C)c1ncc(-c2ccoc2Br)o1. The third-order valence-corrected chi connectivity index (χ3v) is 2.90. The van der Waals surface area contributed by atoms with E-state index in [4.69, 9.17) is 8.83 Å². The fourth-order valence-corrected chi connectivity index (χ4v) is 1.91. The highest BCUT2D eigenvalue weighted by Crippen LogP contribution is 2.30. The first-order valence-electron chi connectivity index (χ1n) is 5.14. The molecule has 1 unspecified atom stereocenters. The van der Waals surface area contributed by atoms with Gasteiger partial charge in [-0.2, -0.15) is 0 Å². The molecule has 0 aliphatic rings. The predicted octanol–water partition coefficient (Wildman–Crippen LogP) is 3.37. The van der Waals surface area contributed by atoms with Gasteiger partial charge in [-0.1, -0.05) is 6.92 Å². The van der Waals surface area contributed by atoms with E-state index in [1.54, 1.807) is 12.5 Å². The minimum Gasteiger partial charge on any atom is -0.457 e. The van der Waals surface area contributed by atoms with Crippen LogP contribution < -0.4 is 5.32 Å². The van der Waals surface area contributed by atoms with Crippen LogP contribution in [0.25, 0.3) is 11.3 Å². The molecule has 2 heterocycles. The molecule has 16 heavy (non-hydrogen) atoms. The Hall–Kier alpha value is -1.07. The maximum atomic E-state index is 5.66. The van der Waals surface area contributed by atoms with Gasteiger partial charge in [0.15, 0.2) is 10.4 Å². The Labute approximate surface area is 102 Å². The molecule has 0 aromatic carbocycles. The highest BCUT2D eigenvalue weighted by atomic mass is 79.9. The Morgan fingerprint density at radius 3 is 3.00 bits per heavy atom. The Kier molecular flexibility index (Phi) is 3.46. The van der Waals surface area contributed by atoms with Crippen molar-refractivity contribution in [2.24, 2.45) is 0 Å². The Morgan fingerprint density at radius 2 is 2.38 bits per heavy atom. The van der Waals surface area contributed by atoms with Gasteiger partial charge in [-0.15, -0.1) is 0 Å². The summed E-state index contributed by atoms with van der Waals surface area (Å²) in [5.41, 5.74) is 0.877. The van der Waals surface area contributed by atoms with Gasteiger partial charge in [-0.25, -0.2) is 4.98 Å². The minimum absolute atomic E-state index is 0.115. The molecule has 0 saturated heterocycles. The van der Waals surface area contributed by atoms with Crippen molar-refractivity contribution in [1.82, 2.24) is 10.3 Å². The van der Waals surface area contributed by atoms with E-state index in [2.05, 4.69) is 26.2 Å². The van der Waals surface area contributed by atoms with Gasteiger partial charge in [0, 0.05) is 0 Å².